The van der Waals surface area contributed by atoms with Crippen molar-refractivity contribution in [2.75, 3.05) is 11.9 Å². The Balaban J connectivity index is 2.16. The molecule has 0 atom stereocenters. The highest BCUT2D eigenvalue weighted by atomic mass is 32.1. The zero-order valence-electron chi connectivity index (χ0n) is 11.6. The average Bonchev–Trinajstić information content (AvgIpc) is 2.80. The number of aromatic nitrogens is 2. The van der Waals surface area contributed by atoms with Gasteiger partial charge in [0.15, 0.2) is 0 Å². The van der Waals surface area contributed by atoms with Gasteiger partial charge in [-0.2, -0.15) is 0 Å². The summed E-state index contributed by atoms with van der Waals surface area (Å²) in [6.07, 6.45) is -0.683. The molecule has 2 aromatic rings. The summed E-state index contributed by atoms with van der Waals surface area (Å²) in [6, 6.07) is 8.78. The average molecular weight is 306 g/mol. The van der Waals surface area contributed by atoms with Crippen LogP contribution in [-0.4, -0.2) is 28.4 Å². The minimum Gasteiger partial charge on any atom is -0.448 e. The third-order valence-electron chi connectivity index (χ3n) is 2.42. The second-order valence-electron chi connectivity index (χ2n) is 3.94. The first-order valence-corrected chi connectivity index (χ1v) is 7.04. The Morgan fingerprint density at radius 3 is 2.76 bits per heavy atom. The number of nitrogens with one attached hydrogen (secondary N) is 1. The van der Waals surface area contributed by atoms with E-state index >= 15 is 0 Å². The Morgan fingerprint density at radius 1 is 1.38 bits per heavy atom. The van der Waals surface area contributed by atoms with E-state index in [9.17, 15) is 9.59 Å². The fraction of sp³-hybridized carbons (Fsp3) is 0.231. The highest BCUT2D eigenvalue weighted by Gasteiger charge is 2.09. The van der Waals surface area contributed by atoms with Gasteiger partial charge in [-0.1, -0.05) is 29.5 Å². The molecule has 8 heteroatoms. The number of amides is 2. The molecule has 21 heavy (non-hydrogen) atoms. The Hall–Kier alpha value is -2.48. The lowest BCUT2D eigenvalue weighted by molar-refractivity contribution is 0.102. The van der Waals surface area contributed by atoms with Crippen LogP contribution in [0.2, 0.25) is 0 Å². The number of anilines is 1. The van der Waals surface area contributed by atoms with Gasteiger partial charge in [-0.15, -0.1) is 10.1 Å². The van der Waals surface area contributed by atoms with Crippen LogP contribution in [0.4, 0.5) is 9.93 Å². The Bertz CT molecular complexity index is 706. The first-order chi connectivity index (χ1) is 10.1. The SMILES string of the molecule is CCOC(=O)/N=c1\sc(NC(=O)c2ccccc2)nn1C. The van der Waals surface area contributed by atoms with Crippen molar-refractivity contribution >= 4 is 28.5 Å². The molecule has 0 bridgehead atoms. The molecule has 7 nitrogen and oxygen atoms in total. The lowest BCUT2D eigenvalue weighted by atomic mass is 10.2. The summed E-state index contributed by atoms with van der Waals surface area (Å²) in [4.78, 5) is 27.4. The van der Waals surface area contributed by atoms with Crippen LogP contribution >= 0.6 is 11.3 Å². The minimum absolute atomic E-state index is 0.252. The summed E-state index contributed by atoms with van der Waals surface area (Å²) in [6.45, 7) is 1.95. The van der Waals surface area contributed by atoms with Crippen LogP contribution in [-0.2, 0) is 11.8 Å². The molecule has 0 saturated carbocycles. The number of hydrogen-bond donors (Lipinski definition) is 1. The molecule has 1 aromatic heterocycles. The fourth-order valence-electron chi connectivity index (χ4n) is 1.49. The lowest BCUT2D eigenvalue weighted by Gasteiger charge is -1.99. The number of carbonyl (C=O) groups excluding carboxylic acids is 2. The van der Waals surface area contributed by atoms with Crippen LogP contribution < -0.4 is 10.1 Å². The summed E-state index contributed by atoms with van der Waals surface area (Å²) in [7, 11) is 1.63. The molecule has 0 unspecified atom stereocenters. The first-order valence-electron chi connectivity index (χ1n) is 6.22. The number of aryl methyl sites for hydroxylation is 1. The summed E-state index contributed by atoms with van der Waals surface area (Å²) in [5, 5.41) is 7.11. The third kappa shape index (κ3) is 3.99. The van der Waals surface area contributed by atoms with Crippen molar-refractivity contribution in [2.24, 2.45) is 12.0 Å². The van der Waals surface area contributed by atoms with Gasteiger partial charge in [0, 0.05) is 12.6 Å². The van der Waals surface area contributed by atoms with Crippen molar-refractivity contribution in [3.05, 3.63) is 40.7 Å². The van der Waals surface area contributed by atoms with Crippen molar-refractivity contribution in [1.82, 2.24) is 9.78 Å². The highest BCUT2D eigenvalue weighted by Crippen LogP contribution is 2.08. The summed E-state index contributed by atoms with van der Waals surface area (Å²) in [5.74, 6) is -0.271. The topological polar surface area (TPSA) is 85.6 Å². The summed E-state index contributed by atoms with van der Waals surface area (Å²) >= 11 is 1.09. The van der Waals surface area contributed by atoms with Crippen molar-refractivity contribution in [3.63, 3.8) is 0 Å². The summed E-state index contributed by atoms with van der Waals surface area (Å²) in [5.41, 5.74) is 0.527. The highest BCUT2D eigenvalue weighted by molar-refractivity contribution is 7.13. The Kier molecular flexibility index (Phi) is 4.83. The van der Waals surface area contributed by atoms with Gasteiger partial charge in [0.25, 0.3) is 5.91 Å². The quantitative estimate of drug-likeness (QED) is 0.936. The minimum atomic E-state index is -0.683. The van der Waals surface area contributed by atoms with E-state index in [0.29, 0.717) is 15.5 Å². The smallest absolute Gasteiger partial charge is 0.436 e. The van der Waals surface area contributed by atoms with Crippen molar-refractivity contribution in [3.8, 4) is 0 Å². The van der Waals surface area contributed by atoms with E-state index < -0.39 is 6.09 Å². The first kappa shape index (κ1) is 14.9. The number of ether oxygens (including phenoxy) is 1. The number of hydrogen-bond acceptors (Lipinski definition) is 5. The number of carbonyl (C=O) groups is 2. The molecule has 110 valence electrons. The fourth-order valence-corrected chi connectivity index (χ4v) is 2.26. The molecule has 1 N–H and O–H groups in total. The maximum atomic E-state index is 12.0. The standard InChI is InChI=1S/C13H14N4O3S/c1-3-20-13(19)15-12-17(2)16-11(21-12)14-10(18)9-7-5-4-6-8-9/h4-8H,3H2,1-2H3,(H,14,16,18)/b15-12-. The van der Waals surface area contributed by atoms with Crippen molar-refractivity contribution in [1.29, 1.82) is 0 Å². The van der Waals surface area contributed by atoms with Gasteiger partial charge in [-0.25, -0.2) is 9.48 Å². The predicted molar refractivity (Wildman–Crippen MR) is 78.1 cm³/mol. The molecule has 1 aromatic carbocycles. The number of nitrogens with zero attached hydrogens (tertiary/aromatic N) is 3. The van der Waals surface area contributed by atoms with Gasteiger partial charge in [0.05, 0.1) is 6.61 Å². The molecule has 0 aliphatic carbocycles. The lowest BCUT2D eigenvalue weighted by Crippen LogP contribution is -2.15. The van der Waals surface area contributed by atoms with Crippen LogP contribution in [0.1, 0.15) is 17.3 Å². The van der Waals surface area contributed by atoms with Crippen LogP contribution in [0.25, 0.3) is 0 Å². The van der Waals surface area contributed by atoms with Gasteiger partial charge >= 0.3 is 6.09 Å². The van der Waals surface area contributed by atoms with Crippen LogP contribution in [0.5, 0.6) is 0 Å². The van der Waals surface area contributed by atoms with E-state index in [-0.39, 0.29) is 12.5 Å². The molecule has 2 amide bonds. The predicted octanol–water partition coefficient (Wildman–Crippen LogP) is 1.79. The maximum absolute atomic E-state index is 12.0. The second-order valence-corrected chi connectivity index (χ2v) is 4.90. The molecule has 0 aliphatic heterocycles. The van der Waals surface area contributed by atoms with Gasteiger partial charge in [-0.05, 0) is 19.1 Å². The molecular formula is C13H14N4O3S. The number of benzene rings is 1. The van der Waals surface area contributed by atoms with Crippen LogP contribution in [0.3, 0.4) is 0 Å². The molecule has 0 radical (unpaired) electrons. The zero-order chi connectivity index (χ0) is 15.2. The Labute approximate surface area is 124 Å². The van der Waals surface area contributed by atoms with E-state index in [0.717, 1.165) is 11.3 Å². The monoisotopic (exact) mass is 306 g/mol. The molecular weight excluding hydrogens is 292 g/mol. The maximum Gasteiger partial charge on any atom is 0.436 e. The second kappa shape index (κ2) is 6.80. The molecule has 1 heterocycles. The van der Waals surface area contributed by atoms with E-state index in [1.165, 1.54) is 4.68 Å². The number of rotatable bonds is 3. The molecule has 0 spiro atoms. The van der Waals surface area contributed by atoms with E-state index in [2.05, 4.69) is 15.4 Å². The Morgan fingerprint density at radius 2 is 2.10 bits per heavy atom. The zero-order valence-corrected chi connectivity index (χ0v) is 12.4. The van der Waals surface area contributed by atoms with Gasteiger partial charge in [0.2, 0.25) is 9.93 Å². The normalized spacial score (nSPS) is 11.2. The van der Waals surface area contributed by atoms with Crippen LogP contribution in [0, 0.1) is 0 Å². The van der Waals surface area contributed by atoms with Crippen LogP contribution in [0.15, 0.2) is 35.3 Å². The largest absolute Gasteiger partial charge is 0.448 e. The molecule has 0 saturated heterocycles. The third-order valence-corrected chi connectivity index (χ3v) is 3.33. The van der Waals surface area contributed by atoms with E-state index in [1.807, 2.05) is 6.07 Å². The van der Waals surface area contributed by atoms with E-state index in [1.54, 1.807) is 38.2 Å². The van der Waals surface area contributed by atoms with Crippen molar-refractivity contribution in [2.45, 2.75) is 6.92 Å². The van der Waals surface area contributed by atoms with Gasteiger partial charge in [0.1, 0.15) is 0 Å². The summed E-state index contributed by atoms with van der Waals surface area (Å²) < 4.78 is 6.14. The van der Waals surface area contributed by atoms with Gasteiger partial charge < -0.3 is 4.74 Å². The molecule has 0 aliphatic rings. The molecule has 2 rings (SSSR count). The van der Waals surface area contributed by atoms with Gasteiger partial charge in [-0.3, -0.25) is 10.1 Å². The van der Waals surface area contributed by atoms with Crippen molar-refractivity contribution < 1.29 is 14.3 Å². The van der Waals surface area contributed by atoms with E-state index in [4.69, 9.17) is 4.74 Å². The molecule has 0 fully saturated rings.